The number of nitrogens with zero attached hydrogens (tertiary/aromatic N) is 1. The first-order valence-electron chi connectivity index (χ1n) is 6.42. The molecule has 0 amide bonds. The smallest absolute Gasteiger partial charge is 0.312 e. The van der Waals surface area contributed by atoms with Gasteiger partial charge in [0.25, 0.3) is 0 Å². The number of hydrogen-bond donors (Lipinski definition) is 1. The first-order valence-corrected chi connectivity index (χ1v) is 7.21. The molecular formula is C13H16BrNO6. The molecule has 2 rings (SSSR count). The zero-order valence-corrected chi connectivity index (χ0v) is 13.0. The van der Waals surface area contributed by atoms with Gasteiger partial charge in [-0.2, -0.15) is 0 Å². The second-order valence-corrected chi connectivity index (χ2v) is 5.57. The molecule has 1 aromatic carbocycles. The fourth-order valence-corrected chi connectivity index (χ4v) is 2.40. The number of aliphatic hydroxyl groups excluding tert-OH is 1. The first-order chi connectivity index (χ1) is 10.0. The van der Waals surface area contributed by atoms with Crippen molar-refractivity contribution in [2.24, 2.45) is 0 Å². The van der Waals surface area contributed by atoms with Crippen LogP contribution in [0.15, 0.2) is 22.7 Å². The number of nitro benzene ring substituents is 1. The number of benzene rings is 1. The van der Waals surface area contributed by atoms with E-state index in [1.807, 2.05) is 0 Å². The molecule has 1 N–H and O–H groups in total. The summed E-state index contributed by atoms with van der Waals surface area (Å²) in [5.74, 6) is 0.167. The molecule has 3 unspecified atom stereocenters. The lowest BCUT2D eigenvalue weighted by Gasteiger charge is -2.40. The van der Waals surface area contributed by atoms with Crippen molar-refractivity contribution in [1.82, 2.24) is 0 Å². The van der Waals surface area contributed by atoms with Gasteiger partial charge in [-0.15, -0.1) is 0 Å². The Bertz CT molecular complexity index is 511. The lowest BCUT2D eigenvalue weighted by atomic mass is 9.88. The highest BCUT2D eigenvalue weighted by Gasteiger charge is 2.43. The van der Waals surface area contributed by atoms with Gasteiger partial charge in [-0.05, 0) is 12.1 Å². The molecule has 0 saturated heterocycles. The first kappa shape index (κ1) is 16.2. The lowest BCUT2D eigenvalue weighted by Crippen LogP contribution is -2.55. The quantitative estimate of drug-likeness (QED) is 0.453. The van der Waals surface area contributed by atoms with E-state index in [2.05, 4.69) is 15.9 Å². The molecule has 0 aliphatic heterocycles. The summed E-state index contributed by atoms with van der Waals surface area (Å²) in [6.07, 6.45) is -1.15. The highest BCUT2D eigenvalue weighted by atomic mass is 79.9. The summed E-state index contributed by atoms with van der Waals surface area (Å²) in [6, 6.07) is 4.57. The second kappa shape index (κ2) is 7.17. The van der Waals surface area contributed by atoms with E-state index < -0.39 is 23.2 Å². The van der Waals surface area contributed by atoms with Crippen LogP contribution in [0, 0.1) is 10.1 Å². The maximum atomic E-state index is 11.0. The minimum atomic E-state index is -0.624. The predicted molar refractivity (Wildman–Crippen MR) is 77.5 cm³/mol. The zero-order valence-electron chi connectivity index (χ0n) is 11.4. The fourth-order valence-electron chi connectivity index (χ4n) is 2.06. The van der Waals surface area contributed by atoms with E-state index in [-0.39, 0.29) is 11.4 Å². The van der Waals surface area contributed by atoms with Crippen molar-refractivity contribution < 1.29 is 24.2 Å². The summed E-state index contributed by atoms with van der Waals surface area (Å²) < 4.78 is 16.6. The summed E-state index contributed by atoms with van der Waals surface area (Å²) in [5, 5.41) is 20.7. The van der Waals surface area contributed by atoms with E-state index in [1.54, 1.807) is 13.2 Å². The van der Waals surface area contributed by atoms with Gasteiger partial charge in [0.15, 0.2) is 5.75 Å². The van der Waals surface area contributed by atoms with E-state index in [0.717, 1.165) is 0 Å². The minimum Gasteiger partial charge on any atom is -0.481 e. The Morgan fingerprint density at radius 1 is 1.48 bits per heavy atom. The largest absolute Gasteiger partial charge is 0.481 e. The Morgan fingerprint density at radius 3 is 2.86 bits per heavy atom. The van der Waals surface area contributed by atoms with Gasteiger partial charge < -0.3 is 19.3 Å². The zero-order chi connectivity index (χ0) is 15.4. The van der Waals surface area contributed by atoms with Gasteiger partial charge in [0, 0.05) is 24.1 Å². The average Bonchev–Trinajstić information content (AvgIpc) is 2.44. The molecular weight excluding hydrogens is 346 g/mol. The normalized spacial score (nSPS) is 24.4. The number of hydrogen-bond acceptors (Lipinski definition) is 6. The third-order valence-electron chi connectivity index (χ3n) is 3.21. The molecule has 0 aromatic heterocycles. The van der Waals surface area contributed by atoms with Gasteiger partial charge in [0.2, 0.25) is 0 Å². The molecule has 116 valence electrons. The summed E-state index contributed by atoms with van der Waals surface area (Å²) >= 11 is 3.19. The van der Waals surface area contributed by atoms with Gasteiger partial charge in [0.05, 0.1) is 24.2 Å². The van der Waals surface area contributed by atoms with E-state index in [4.69, 9.17) is 14.2 Å². The van der Waals surface area contributed by atoms with Gasteiger partial charge in [-0.3, -0.25) is 10.1 Å². The topological polar surface area (TPSA) is 91.1 Å². The molecule has 0 spiro atoms. The Kier molecular flexibility index (Phi) is 5.51. The molecule has 1 aromatic rings. The predicted octanol–water partition coefficient (Wildman–Crippen LogP) is 1.90. The molecule has 8 heteroatoms. The monoisotopic (exact) mass is 361 g/mol. The Hall–Kier alpha value is -1.22. The van der Waals surface area contributed by atoms with Crippen LogP contribution < -0.4 is 4.74 Å². The maximum Gasteiger partial charge on any atom is 0.312 e. The molecule has 1 fully saturated rings. The molecule has 3 atom stereocenters. The highest BCUT2D eigenvalue weighted by Crippen LogP contribution is 2.35. The Morgan fingerprint density at radius 2 is 2.24 bits per heavy atom. The van der Waals surface area contributed by atoms with E-state index in [9.17, 15) is 15.2 Å². The van der Waals surface area contributed by atoms with E-state index >= 15 is 0 Å². The van der Waals surface area contributed by atoms with Crippen LogP contribution >= 0.6 is 15.9 Å². The molecule has 0 radical (unpaired) electrons. The molecule has 21 heavy (non-hydrogen) atoms. The molecule has 0 heterocycles. The fraction of sp³-hybridized carbons (Fsp3) is 0.538. The number of nitro groups is 1. The van der Waals surface area contributed by atoms with E-state index in [0.29, 0.717) is 24.1 Å². The van der Waals surface area contributed by atoms with Crippen LogP contribution in [0.3, 0.4) is 0 Å². The van der Waals surface area contributed by atoms with Crippen LogP contribution in [0.25, 0.3) is 0 Å². The van der Waals surface area contributed by atoms with Gasteiger partial charge in [-0.1, -0.05) is 15.9 Å². The summed E-state index contributed by atoms with van der Waals surface area (Å²) in [6.45, 7) is 0.745. The van der Waals surface area contributed by atoms with Crippen molar-refractivity contribution >= 4 is 21.6 Å². The summed E-state index contributed by atoms with van der Waals surface area (Å²) in [4.78, 5) is 10.5. The van der Waals surface area contributed by atoms with Crippen molar-refractivity contribution in [1.29, 1.82) is 0 Å². The average molecular weight is 362 g/mol. The second-order valence-electron chi connectivity index (χ2n) is 4.66. The maximum absolute atomic E-state index is 11.0. The molecule has 1 aliphatic rings. The van der Waals surface area contributed by atoms with Gasteiger partial charge in [-0.25, -0.2) is 0 Å². The van der Waals surface area contributed by atoms with Crippen LogP contribution in [-0.4, -0.2) is 48.7 Å². The third kappa shape index (κ3) is 3.91. The molecule has 7 nitrogen and oxygen atoms in total. The van der Waals surface area contributed by atoms with Crippen molar-refractivity contribution in [3.63, 3.8) is 0 Å². The van der Waals surface area contributed by atoms with Crippen molar-refractivity contribution in [3.05, 3.63) is 32.8 Å². The van der Waals surface area contributed by atoms with Crippen LogP contribution in [-0.2, 0) is 9.47 Å². The molecule has 1 aliphatic carbocycles. The van der Waals surface area contributed by atoms with Crippen LogP contribution in [0.4, 0.5) is 5.69 Å². The number of halogens is 1. The standard InChI is InChI=1S/C13H16BrNO6/c1-19-4-5-20-13-10(16)7-12(13)21-11-3-2-8(14)6-9(11)15(17)18/h2-3,6,10,12-13,16H,4-5,7H2,1H3. The van der Waals surface area contributed by atoms with Gasteiger partial charge >= 0.3 is 5.69 Å². The Labute approximate surface area is 130 Å². The van der Waals surface area contributed by atoms with Crippen molar-refractivity contribution in [2.75, 3.05) is 20.3 Å². The highest BCUT2D eigenvalue weighted by molar-refractivity contribution is 9.10. The number of ether oxygens (including phenoxy) is 3. The summed E-state index contributed by atoms with van der Waals surface area (Å²) in [5.41, 5.74) is -0.124. The molecule has 0 bridgehead atoms. The Balaban J connectivity index is 2.03. The lowest BCUT2D eigenvalue weighted by molar-refractivity contribution is -0.386. The number of aliphatic hydroxyl groups is 1. The van der Waals surface area contributed by atoms with Crippen LogP contribution in [0.1, 0.15) is 6.42 Å². The van der Waals surface area contributed by atoms with Crippen molar-refractivity contribution in [3.8, 4) is 5.75 Å². The van der Waals surface area contributed by atoms with Crippen LogP contribution in [0.5, 0.6) is 5.75 Å². The number of methoxy groups -OCH3 is 1. The third-order valence-corrected chi connectivity index (χ3v) is 3.71. The number of rotatable bonds is 7. The molecule has 1 saturated carbocycles. The van der Waals surface area contributed by atoms with Gasteiger partial charge in [0.1, 0.15) is 12.2 Å². The van der Waals surface area contributed by atoms with Crippen LogP contribution in [0.2, 0.25) is 0 Å². The SMILES string of the molecule is COCCOC1C(O)CC1Oc1ccc(Br)cc1[N+](=O)[O-]. The van der Waals surface area contributed by atoms with Crippen molar-refractivity contribution in [2.45, 2.75) is 24.7 Å². The minimum absolute atomic E-state index is 0.124. The summed E-state index contributed by atoms with van der Waals surface area (Å²) in [7, 11) is 1.56. The van der Waals surface area contributed by atoms with E-state index in [1.165, 1.54) is 12.1 Å².